The highest BCUT2D eigenvalue weighted by Gasteiger charge is 2.36. The largest absolute Gasteiger partial charge is 0.464 e. The van der Waals surface area contributed by atoms with E-state index in [0.29, 0.717) is 23.1 Å². The van der Waals surface area contributed by atoms with Crippen molar-refractivity contribution in [2.75, 3.05) is 18.5 Å². The van der Waals surface area contributed by atoms with Crippen molar-refractivity contribution >= 4 is 39.8 Å². The van der Waals surface area contributed by atoms with Gasteiger partial charge in [0.25, 0.3) is 0 Å². The normalized spacial score (nSPS) is 20.2. The summed E-state index contributed by atoms with van der Waals surface area (Å²) in [5.74, 6) is 0. The summed E-state index contributed by atoms with van der Waals surface area (Å²) in [4.78, 5) is 15.3. The molecule has 8 heteroatoms. The lowest BCUT2D eigenvalue weighted by molar-refractivity contribution is 0.127. The molecule has 0 bridgehead atoms. The van der Waals surface area contributed by atoms with Crippen LogP contribution in [0.3, 0.4) is 0 Å². The van der Waals surface area contributed by atoms with Gasteiger partial charge in [-0.3, -0.25) is 0 Å². The lowest BCUT2D eigenvalue weighted by atomic mass is 10.3. The highest BCUT2D eigenvalue weighted by molar-refractivity contribution is 7.80. The van der Waals surface area contributed by atoms with E-state index in [1.165, 1.54) is 16.2 Å². The topological polar surface area (TPSA) is 58.6 Å². The van der Waals surface area contributed by atoms with Gasteiger partial charge in [0.1, 0.15) is 5.01 Å². The summed E-state index contributed by atoms with van der Waals surface area (Å²) in [6.07, 6.45) is 0.299. The fraction of sp³-hybridized carbons (Fsp3) is 0.600. The molecule has 2 amide bonds. The average Bonchev–Trinajstić information content (AvgIpc) is 2.70. The monoisotopic (exact) mass is 286 g/mol. The Labute approximate surface area is 115 Å². The van der Waals surface area contributed by atoms with Gasteiger partial charge in [-0.05, 0) is 19.1 Å². The second-order valence-electron chi connectivity index (χ2n) is 4.03. The standard InChI is InChI=1S/C10H14N4O2S2/c1-6-11-12-9(18-6)14-8(16-7(2)17)4-5-13(3)10(14)15/h8H,4-5H2,1-3H3. The van der Waals surface area contributed by atoms with Gasteiger partial charge in [0, 0.05) is 26.9 Å². The predicted molar refractivity (Wildman–Crippen MR) is 72.9 cm³/mol. The van der Waals surface area contributed by atoms with Crippen LogP contribution in [-0.4, -0.2) is 46.0 Å². The molecule has 1 aliphatic rings. The Morgan fingerprint density at radius 3 is 2.83 bits per heavy atom. The van der Waals surface area contributed by atoms with E-state index in [1.54, 1.807) is 18.9 Å². The average molecular weight is 286 g/mol. The summed E-state index contributed by atoms with van der Waals surface area (Å²) in [5, 5.41) is 9.71. The minimum atomic E-state index is -0.390. The van der Waals surface area contributed by atoms with E-state index in [9.17, 15) is 4.79 Å². The van der Waals surface area contributed by atoms with E-state index in [-0.39, 0.29) is 6.03 Å². The molecule has 1 fully saturated rings. The number of carbonyl (C=O) groups is 1. The van der Waals surface area contributed by atoms with Gasteiger partial charge in [-0.2, -0.15) is 0 Å². The predicted octanol–water partition coefficient (Wildman–Crippen LogP) is 1.80. The van der Waals surface area contributed by atoms with Crippen LogP contribution < -0.4 is 4.90 Å². The first-order chi connectivity index (χ1) is 8.49. The number of thiocarbonyl (C=S) groups is 1. The van der Waals surface area contributed by atoms with Gasteiger partial charge in [-0.15, -0.1) is 10.2 Å². The van der Waals surface area contributed by atoms with Crippen LogP contribution in [0.1, 0.15) is 18.4 Å². The van der Waals surface area contributed by atoms with E-state index >= 15 is 0 Å². The zero-order chi connectivity index (χ0) is 13.3. The molecule has 2 heterocycles. The molecule has 1 atom stereocenters. The lowest BCUT2D eigenvalue weighted by Crippen LogP contribution is -2.54. The first kappa shape index (κ1) is 13.2. The zero-order valence-electron chi connectivity index (χ0n) is 10.4. The summed E-state index contributed by atoms with van der Waals surface area (Å²) >= 11 is 6.31. The number of hydrogen-bond donors (Lipinski definition) is 0. The minimum absolute atomic E-state index is 0.140. The quantitative estimate of drug-likeness (QED) is 0.776. The zero-order valence-corrected chi connectivity index (χ0v) is 12.0. The van der Waals surface area contributed by atoms with Crippen LogP contribution in [0.4, 0.5) is 9.93 Å². The molecule has 1 aromatic heterocycles. The molecule has 0 radical (unpaired) electrons. The number of hydrogen-bond acceptors (Lipinski definition) is 6. The molecule has 6 nitrogen and oxygen atoms in total. The molecule has 0 aromatic carbocycles. The highest BCUT2D eigenvalue weighted by atomic mass is 32.1. The fourth-order valence-corrected chi connectivity index (χ4v) is 2.56. The molecule has 1 unspecified atom stereocenters. The number of rotatable bonds is 2. The molecule has 98 valence electrons. The van der Waals surface area contributed by atoms with Crippen molar-refractivity contribution in [1.82, 2.24) is 15.1 Å². The number of ether oxygens (including phenoxy) is 1. The van der Waals surface area contributed by atoms with Crippen LogP contribution in [0.25, 0.3) is 0 Å². The molecule has 1 aromatic rings. The van der Waals surface area contributed by atoms with Crippen molar-refractivity contribution in [1.29, 1.82) is 0 Å². The van der Waals surface area contributed by atoms with Crippen LogP contribution >= 0.6 is 23.6 Å². The number of aryl methyl sites for hydroxylation is 1. The molecule has 18 heavy (non-hydrogen) atoms. The smallest absolute Gasteiger partial charge is 0.329 e. The van der Waals surface area contributed by atoms with Gasteiger partial charge in [0.15, 0.2) is 11.3 Å². The summed E-state index contributed by atoms with van der Waals surface area (Å²) in [6.45, 7) is 4.18. The summed E-state index contributed by atoms with van der Waals surface area (Å²) in [5.41, 5.74) is 0. The molecule has 0 spiro atoms. The third kappa shape index (κ3) is 2.59. The van der Waals surface area contributed by atoms with Crippen molar-refractivity contribution in [3.05, 3.63) is 5.01 Å². The second kappa shape index (κ2) is 5.15. The van der Waals surface area contributed by atoms with Gasteiger partial charge in [-0.1, -0.05) is 11.3 Å². The van der Waals surface area contributed by atoms with E-state index in [4.69, 9.17) is 17.0 Å². The van der Waals surface area contributed by atoms with Crippen molar-refractivity contribution in [3.8, 4) is 0 Å². The van der Waals surface area contributed by atoms with E-state index < -0.39 is 6.23 Å². The van der Waals surface area contributed by atoms with Gasteiger partial charge >= 0.3 is 6.03 Å². The molecule has 0 saturated carbocycles. The molecular formula is C10H14N4O2S2. The number of aromatic nitrogens is 2. The van der Waals surface area contributed by atoms with Gasteiger partial charge in [-0.25, -0.2) is 9.69 Å². The Bertz CT molecular complexity index is 476. The highest BCUT2D eigenvalue weighted by Crippen LogP contribution is 2.27. The first-order valence-electron chi connectivity index (χ1n) is 5.50. The number of carbonyl (C=O) groups excluding carboxylic acids is 1. The summed E-state index contributed by atoms with van der Waals surface area (Å²) in [6, 6.07) is -0.140. The minimum Gasteiger partial charge on any atom is -0.464 e. The van der Waals surface area contributed by atoms with Crippen LogP contribution in [0.15, 0.2) is 0 Å². The molecule has 0 N–H and O–H groups in total. The van der Waals surface area contributed by atoms with Gasteiger partial charge in [0.05, 0.1) is 0 Å². The summed E-state index contributed by atoms with van der Waals surface area (Å²) in [7, 11) is 1.75. The number of nitrogens with zero attached hydrogens (tertiary/aromatic N) is 4. The Balaban J connectivity index is 2.28. The third-order valence-corrected chi connectivity index (χ3v) is 3.49. The SMILES string of the molecule is CC(=S)OC1CCN(C)C(=O)N1c1nnc(C)s1. The third-order valence-electron chi connectivity index (χ3n) is 2.56. The first-order valence-corrected chi connectivity index (χ1v) is 6.73. The lowest BCUT2D eigenvalue weighted by Gasteiger charge is -2.37. The summed E-state index contributed by atoms with van der Waals surface area (Å²) < 4.78 is 5.53. The van der Waals surface area contributed by atoms with Crippen molar-refractivity contribution in [2.45, 2.75) is 26.5 Å². The van der Waals surface area contributed by atoms with Crippen LogP contribution in [0.5, 0.6) is 0 Å². The number of anilines is 1. The Hall–Kier alpha value is -1.28. The van der Waals surface area contributed by atoms with Gasteiger partial charge in [0.2, 0.25) is 5.13 Å². The molecule has 1 aliphatic heterocycles. The fourth-order valence-electron chi connectivity index (χ4n) is 1.73. The molecular weight excluding hydrogens is 272 g/mol. The number of urea groups is 1. The van der Waals surface area contributed by atoms with Crippen LogP contribution in [-0.2, 0) is 4.74 Å². The number of amides is 2. The molecule has 1 saturated heterocycles. The molecule has 0 aliphatic carbocycles. The maximum absolute atomic E-state index is 12.2. The van der Waals surface area contributed by atoms with Crippen molar-refractivity contribution in [3.63, 3.8) is 0 Å². The van der Waals surface area contributed by atoms with Gasteiger partial charge < -0.3 is 9.64 Å². The van der Waals surface area contributed by atoms with E-state index in [0.717, 1.165) is 5.01 Å². The second-order valence-corrected chi connectivity index (χ2v) is 5.77. The maximum atomic E-state index is 12.2. The van der Waals surface area contributed by atoms with Crippen molar-refractivity contribution < 1.29 is 9.53 Å². The maximum Gasteiger partial charge on any atom is 0.329 e. The van der Waals surface area contributed by atoms with E-state index in [1.807, 2.05) is 6.92 Å². The van der Waals surface area contributed by atoms with Crippen LogP contribution in [0.2, 0.25) is 0 Å². The molecule has 2 rings (SSSR count). The Kier molecular flexibility index (Phi) is 3.76. The Morgan fingerprint density at radius 1 is 1.56 bits per heavy atom. The Morgan fingerprint density at radius 2 is 2.28 bits per heavy atom. The van der Waals surface area contributed by atoms with E-state index in [2.05, 4.69) is 10.2 Å². The van der Waals surface area contributed by atoms with Crippen LogP contribution in [0, 0.1) is 6.92 Å². The van der Waals surface area contributed by atoms with Crippen molar-refractivity contribution in [2.24, 2.45) is 0 Å².